The van der Waals surface area contributed by atoms with E-state index in [0.717, 1.165) is 0 Å². The second-order valence-electron chi connectivity index (χ2n) is 7.53. The molecule has 2 atom stereocenters. The topological polar surface area (TPSA) is 72.5 Å². The third-order valence-corrected chi connectivity index (χ3v) is 6.21. The molecular weight excluding hydrogens is 350 g/mol. The molecule has 0 unspecified atom stereocenters. The number of hydrogen-bond donors (Lipinski definition) is 1. The maximum atomic E-state index is 12.4. The van der Waals surface area contributed by atoms with Crippen LogP contribution in [0.2, 0.25) is 0 Å². The molecule has 0 saturated heterocycles. The second kappa shape index (κ2) is 9.20. The molecule has 0 heterocycles. The van der Waals surface area contributed by atoms with Gasteiger partial charge in [-0.25, -0.2) is 13.1 Å². The van der Waals surface area contributed by atoms with E-state index in [4.69, 9.17) is 16.3 Å². The van der Waals surface area contributed by atoms with Gasteiger partial charge in [-0.3, -0.25) is 4.79 Å². The van der Waals surface area contributed by atoms with Crippen molar-refractivity contribution in [1.29, 1.82) is 0 Å². The zero-order chi connectivity index (χ0) is 19.3. The first-order valence-corrected chi connectivity index (χ1v) is 10.2. The standard InChI is InChI=1S/C17H32ClNO4S/c1-9-23-16(20)13(11(2)3)10-14(18)15(12(4)5)19-24(21,22)17(6,7)8/h10-13,15,19H,9H2,1-8H3/b14-10+/t13-,15+/m1/s1. The van der Waals surface area contributed by atoms with Crippen LogP contribution >= 0.6 is 11.6 Å². The third kappa shape index (κ3) is 6.73. The maximum Gasteiger partial charge on any atom is 0.313 e. The summed E-state index contributed by atoms with van der Waals surface area (Å²) >= 11 is 6.41. The number of nitrogens with one attached hydrogen (secondary N) is 1. The maximum absolute atomic E-state index is 12.4. The molecule has 142 valence electrons. The summed E-state index contributed by atoms with van der Waals surface area (Å²) in [6, 6.07) is -0.591. The Morgan fingerprint density at radius 3 is 2.00 bits per heavy atom. The molecule has 0 rings (SSSR count). The van der Waals surface area contributed by atoms with Crippen LogP contribution in [0.1, 0.15) is 55.4 Å². The molecule has 0 aromatic carbocycles. The minimum absolute atomic E-state index is 0.00941. The number of sulfonamides is 1. The fourth-order valence-corrected chi connectivity index (χ4v) is 3.50. The van der Waals surface area contributed by atoms with Gasteiger partial charge in [0.05, 0.1) is 23.3 Å². The SMILES string of the molecule is CCOC(=O)[C@H](/C=C(/Cl)[C@@H](NS(=O)(=O)C(C)(C)C)C(C)C)C(C)C. The summed E-state index contributed by atoms with van der Waals surface area (Å²) in [6.45, 7) is 14.5. The van der Waals surface area contributed by atoms with Crippen LogP contribution < -0.4 is 4.72 Å². The summed E-state index contributed by atoms with van der Waals surface area (Å²) in [5.41, 5.74) is 0. The van der Waals surface area contributed by atoms with Crippen molar-refractivity contribution in [3.8, 4) is 0 Å². The van der Waals surface area contributed by atoms with Gasteiger partial charge in [0.2, 0.25) is 10.0 Å². The van der Waals surface area contributed by atoms with Crippen LogP contribution in [0.25, 0.3) is 0 Å². The fourth-order valence-electron chi connectivity index (χ4n) is 1.90. The molecule has 0 spiro atoms. The third-order valence-electron chi connectivity index (χ3n) is 3.67. The van der Waals surface area contributed by atoms with Gasteiger partial charge in [0.1, 0.15) is 0 Å². The molecule has 0 radical (unpaired) electrons. The highest BCUT2D eigenvalue weighted by Gasteiger charge is 2.34. The van der Waals surface area contributed by atoms with E-state index in [1.807, 2.05) is 27.7 Å². The summed E-state index contributed by atoms with van der Waals surface area (Å²) in [6.07, 6.45) is 1.61. The van der Waals surface area contributed by atoms with Crippen molar-refractivity contribution in [2.75, 3.05) is 6.61 Å². The average molecular weight is 382 g/mol. The van der Waals surface area contributed by atoms with Crippen molar-refractivity contribution in [2.45, 2.75) is 66.2 Å². The molecule has 24 heavy (non-hydrogen) atoms. The van der Waals surface area contributed by atoms with Crippen molar-refractivity contribution in [3.63, 3.8) is 0 Å². The van der Waals surface area contributed by atoms with Crippen molar-refractivity contribution in [1.82, 2.24) is 4.72 Å². The Morgan fingerprint density at radius 2 is 1.67 bits per heavy atom. The molecule has 0 aromatic rings. The predicted octanol–water partition coefficient (Wildman–Crippen LogP) is 3.69. The van der Waals surface area contributed by atoms with E-state index >= 15 is 0 Å². The van der Waals surface area contributed by atoms with Gasteiger partial charge in [-0.15, -0.1) is 0 Å². The smallest absolute Gasteiger partial charge is 0.313 e. The Morgan fingerprint density at radius 1 is 1.17 bits per heavy atom. The van der Waals surface area contributed by atoms with Gasteiger partial charge in [-0.2, -0.15) is 0 Å². The first-order valence-electron chi connectivity index (χ1n) is 8.30. The van der Waals surface area contributed by atoms with Crippen LogP contribution in [-0.2, 0) is 19.6 Å². The van der Waals surface area contributed by atoms with E-state index in [9.17, 15) is 13.2 Å². The molecule has 0 fully saturated rings. The molecule has 0 aliphatic heterocycles. The van der Waals surface area contributed by atoms with Crippen LogP contribution in [0.4, 0.5) is 0 Å². The average Bonchev–Trinajstić information content (AvgIpc) is 2.40. The van der Waals surface area contributed by atoms with E-state index in [-0.39, 0.29) is 24.4 Å². The lowest BCUT2D eigenvalue weighted by molar-refractivity contribution is -0.147. The summed E-state index contributed by atoms with van der Waals surface area (Å²) in [4.78, 5) is 12.1. The highest BCUT2D eigenvalue weighted by molar-refractivity contribution is 7.90. The molecule has 1 N–H and O–H groups in total. The summed E-state index contributed by atoms with van der Waals surface area (Å²) < 4.78 is 31.7. The molecule has 5 nitrogen and oxygen atoms in total. The van der Waals surface area contributed by atoms with Crippen molar-refractivity contribution < 1.29 is 17.9 Å². The second-order valence-corrected chi connectivity index (χ2v) is 10.4. The minimum atomic E-state index is -3.56. The Bertz CT molecular complexity index is 547. The highest BCUT2D eigenvalue weighted by Crippen LogP contribution is 2.25. The molecule has 0 amide bonds. The predicted molar refractivity (Wildman–Crippen MR) is 99.3 cm³/mol. The van der Waals surface area contributed by atoms with E-state index < -0.39 is 26.7 Å². The summed E-state index contributed by atoms with van der Waals surface area (Å²) in [5, 5.41) is 0.310. The first kappa shape index (κ1) is 23.4. The number of ether oxygens (including phenoxy) is 1. The molecule has 0 aromatic heterocycles. The fraction of sp³-hybridized carbons (Fsp3) is 0.824. The van der Waals surface area contributed by atoms with Gasteiger partial charge in [0.15, 0.2) is 0 Å². The molecule has 0 bridgehead atoms. The normalized spacial score (nSPS) is 16.4. The summed E-state index contributed by atoms with van der Waals surface area (Å²) in [7, 11) is -3.56. The first-order chi connectivity index (χ1) is 10.7. The van der Waals surface area contributed by atoms with Crippen LogP contribution in [-0.4, -0.2) is 31.8 Å². The monoisotopic (exact) mass is 381 g/mol. The lowest BCUT2D eigenvalue weighted by atomic mass is 9.93. The highest BCUT2D eigenvalue weighted by atomic mass is 35.5. The van der Waals surface area contributed by atoms with Crippen molar-refractivity contribution in [3.05, 3.63) is 11.1 Å². The van der Waals surface area contributed by atoms with E-state index in [1.165, 1.54) is 0 Å². The van der Waals surface area contributed by atoms with Crippen molar-refractivity contribution >= 4 is 27.6 Å². The molecular formula is C17H32ClNO4S. The molecule has 0 saturated carbocycles. The summed E-state index contributed by atoms with van der Waals surface area (Å²) in [5.74, 6) is -0.949. The van der Waals surface area contributed by atoms with Crippen LogP contribution in [0.3, 0.4) is 0 Å². The number of rotatable bonds is 8. The van der Waals surface area contributed by atoms with Crippen LogP contribution in [0, 0.1) is 17.8 Å². The van der Waals surface area contributed by atoms with E-state index in [2.05, 4.69) is 4.72 Å². The minimum Gasteiger partial charge on any atom is -0.466 e. The molecule has 0 aliphatic carbocycles. The van der Waals surface area contributed by atoms with Crippen LogP contribution in [0.5, 0.6) is 0 Å². The Balaban J connectivity index is 5.63. The number of carbonyl (C=O) groups is 1. The van der Waals surface area contributed by atoms with Gasteiger partial charge < -0.3 is 4.74 Å². The number of esters is 1. The van der Waals surface area contributed by atoms with Gasteiger partial charge in [0.25, 0.3) is 0 Å². The van der Waals surface area contributed by atoms with Gasteiger partial charge in [-0.1, -0.05) is 45.4 Å². The largest absolute Gasteiger partial charge is 0.466 e. The zero-order valence-corrected chi connectivity index (χ0v) is 17.6. The van der Waals surface area contributed by atoms with Gasteiger partial charge in [-0.05, 0) is 39.5 Å². The quantitative estimate of drug-likeness (QED) is 0.651. The Kier molecular flexibility index (Phi) is 8.98. The molecule has 0 aliphatic rings. The lowest BCUT2D eigenvalue weighted by Crippen LogP contribution is -2.47. The van der Waals surface area contributed by atoms with Crippen molar-refractivity contribution in [2.24, 2.45) is 17.8 Å². The lowest BCUT2D eigenvalue weighted by Gasteiger charge is -2.28. The van der Waals surface area contributed by atoms with Crippen LogP contribution in [0.15, 0.2) is 11.1 Å². The number of hydrogen-bond acceptors (Lipinski definition) is 4. The van der Waals surface area contributed by atoms with Gasteiger partial charge >= 0.3 is 5.97 Å². The Labute approximate surface area is 152 Å². The number of carbonyl (C=O) groups excluding carboxylic acids is 1. The van der Waals surface area contributed by atoms with E-state index in [0.29, 0.717) is 5.03 Å². The van der Waals surface area contributed by atoms with Gasteiger partial charge in [0, 0.05) is 5.03 Å². The number of halogens is 1. The van der Waals surface area contributed by atoms with E-state index in [1.54, 1.807) is 33.8 Å². The zero-order valence-electron chi connectivity index (χ0n) is 16.0. The Hall–Kier alpha value is -0.590. The molecule has 7 heteroatoms.